The normalized spacial score (nSPS) is 16.1. The number of ether oxygens (including phenoxy) is 2. The second-order valence-electron chi connectivity index (χ2n) is 7.33. The summed E-state index contributed by atoms with van der Waals surface area (Å²) in [6.45, 7) is 4.05. The molecule has 0 aromatic heterocycles. The van der Waals surface area contributed by atoms with Gasteiger partial charge < -0.3 is 9.47 Å². The molecule has 1 amide bonds. The van der Waals surface area contributed by atoms with Crippen LogP contribution in [-0.2, 0) is 4.79 Å². The Morgan fingerprint density at radius 3 is 2.28 bits per heavy atom. The van der Waals surface area contributed by atoms with Crippen molar-refractivity contribution in [2.45, 2.75) is 13.8 Å². The van der Waals surface area contributed by atoms with E-state index in [-0.39, 0.29) is 5.91 Å². The molecule has 3 aromatic carbocycles. The van der Waals surface area contributed by atoms with Crippen LogP contribution < -0.4 is 14.4 Å². The first-order valence-corrected chi connectivity index (χ1v) is 11.0. The molecule has 32 heavy (non-hydrogen) atoms. The monoisotopic (exact) mass is 444 g/mol. The molecule has 0 bridgehead atoms. The van der Waals surface area contributed by atoms with Crippen molar-refractivity contribution in [3.05, 3.63) is 88.3 Å². The number of aliphatic imine (C=N–C) groups is 1. The minimum absolute atomic E-state index is 0.129. The highest BCUT2D eigenvalue weighted by Crippen LogP contribution is 2.39. The molecule has 3 aromatic rings. The van der Waals surface area contributed by atoms with Crippen LogP contribution in [0, 0.1) is 13.8 Å². The molecule has 1 heterocycles. The van der Waals surface area contributed by atoms with Crippen LogP contribution in [0.1, 0.15) is 16.7 Å². The Labute approximate surface area is 192 Å². The number of carbonyl (C=O) groups excluding carboxylic acids is 1. The van der Waals surface area contributed by atoms with Crippen LogP contribution in [0.4, 0.5) is 11.4 Å². The Bertz CT molecular complexity index is 1200. The van der Waals surface area contributed by atoms with Crippen molar-refractivity contribution in [3.63, 3.8) is 0 Å². The highest BCUT2D eigenvalue weighted by molar-refractivity contribution is 8.19. The number of nitrogens with zero attached hydrogens (tertiary/aromatic N) is 2. The summed E-state index contributed by atoms with van der Waals surface area (Å²) < 4.78 is 10.8. The predicted molar refractivity (Wildman–Crippen MR) is 132 cm³/mol. The third-order valence-corrected chi connectivity index (χ3v) is 6.16. The number of amides is 1. The molecular formula is C26H24N2O3S. The first kappa shape index (κ1) is 21.7. The average molecular weight is 445 g/mol. The van der Waals surface area contributed by atoms with Gasteiger partial charge in [-0.2, -0.15) is 0 Å². The molecule has 162 valence electrons. The van der Waals surface area contributed by atoms with Crippen molar-refractivity contribution >= 4 is 40.3 Å². The molecule has 0 saturated carbocycles. The number of anilines is 1. The van der Waals surface area contributed by atoms with Gasteiger partial charge >= 0.3 is 0 Å². The smallest absolute Gasteiger partial charge is 0.271 e. The summed E-state index contributed by atoms with van der Waals surface area (Å²) in [6, 6.07) is 21.2. The quantitative estimate of drug-likeness (QED) is 0.444. The van der Waals surface area contributed by atoms with Crippen LogP contribution in [0.25, 0.3) is 6.08 Å². The topological polar surface area (TPSA) is 51.1 Å². The first-order valence-electron chi connectivity index (χ1n) is 10.2. The molecule has 1 aliphatic rings. The van der Waals surface area contributed by atoms with Gasteiger partial charge in [-0.1, -0.05) is 36.4 Å². The van der Waals surface area contributed by atoms with Crippen LogP contribution in [0.15, 0.2) is 76.6 Å². The number of rotatable bonds is 5. The number of para-hydroxylation sites is 2. The maximum absolute atomic E-state index is 13.5. The molecule has 4 rings (SSSR count). The molecule has 6 heteroatoms. The van der Waals surface area contributed by atoms with Gasteiger partial charge in [-0.25, -0.2) is 4.99 Å². The summed E-state index contributed by atoms with van der Waals surface area (Å²) >= 11 is 1.35. The van der Waals surface area contributed by atoms with E-state index >= 15 is 0 Å². The molecule has 0 unspecified atom stereocenters. The third-order valence-electron chi connectivity index (χ3n) is 5.19. The fourth-order valence-corrected chi connectivity index (χ4v) is 4.50. The lowest BCUT2D eigenvalue weighted by atomic mass is 10.1. The molecule has 0 atom stereocenters. The molecule has 0 radical (unpaired) electrons. The predicted octanol–water partition coefficient (Wildman–Crippen LogP) is 6.13. The van der Waals surface area contributed by atoms with E-state index in [1.54, 1.807) is 19.1 Å². The van der Waals surface area contributed by atoms with Crippen LogP contribution in [0.2, 0.25) is 0 Å². The van der Waals surface area contributed by atoms with E-state index in [1.165, 1.54) is 11.8 Å². The van der Waals surface area contributed by atoms with Gasteiger partial charge in [-0.15, -0.1) is 0 Å². The molecule has 1 aliphatic heterocycles. The molecule has 5 nitrogen and oxygen atoms in total. The van der Waals surface area contributed by atoms with Crippen molar-refractivity contribution in [3.8, 4) is 11.5 Å². The number of amidine groups is 1. The number of benzene rings is 3. The highest BCUT2D eigenvalue weighted by atomic mass is 32.2. The largest absolute Gasteiger partial charge is 0.497 e. The summed E-state index contributed by atoms with van der Waals surface area (Å²) in [6.07, 6.45) is 1.83. The Hall–Kier alpha value is -3.51. The average Bonchev–Trinajstić information content (AvgIpc) is 3.11. The molecule has 0 aliphatic carbocycles. The number of carbonyl (C=O) groups is 1. The summed E-state index contributed by atoms with van der Waals surface area (Å²) in [5.74, 6) is 1.23. The van der Waals surface area contributed by atoms with Gasteiger partial charge in [0.15, 0.2) is 5.17 Å². The van der Waals surface area contributed by atoms with Crippen LogP contribution in [0.3, 0.4) is 0 Å². The van der Waals surface area contributed by atoms with E-state index in [4.69, 9.17) is 14.5 Å². The SMILES string of the molecule is COc1ccc(OC)c(C=C2SC(=Nc3c(C)cccc3C)N(c3ccccc3)C2=O)c1. The zero-order valence-corrected chi connectivity index (χ0v) is 19.3. The Morgan fingerprint density at radius 2 is 1.62 bits per heavy atom. The van der Waals surface area contributed by atoms with Crippen LogP contribution >= 0.6 is 11.8 Å². The van der Waals surface area contributed by atoms with E-state index in [2.05, 4.69) is 0 Å². The van der Waals surface area contributed by atoms with Gasteiger partial charge in [0, 0.05) is 5.56 Å². The number of hydrogen-bond acceptors (Lipinski definition) is 5. The van der Waals surface area contributed by atoms with E-state index in [9.17, 15) is 4.79 Å². The fraction of sp³-hybridized carbons (Fsp3) is 0.154. The number of hydrogen-bond donors (Lipinski definition) is 0. The molecule has 1 fully saturated rings. The maximum Gasteiger partial charge on any atom is 0.271 e. The van der Waals surface area contributed by atoms with Crippen LogP contribution in [0.5, 0.6) is 11.5 Å². The molecule has 0 N–H and O–H groups in total. The minimum atomic E-state index is -0.129. The van der Waals surface area contributed by atoms with Crippen molar-refractivity contribution in [1.29, 1.82) is 0 Å². The second-order valence-corrected chi connectivity index (χ2v) is 8.34. The Kier molecular flexibility index (Phi) is 6.32. The van der Waals surface area contributed by atoms with Crippen molar-refractivity contribution < 1.29 is 14.3 Å². The molecule has 1 saturated heterocycles. The Balaban J connectivity index is 1.84. The summed E-state index contributed by atoms with van der Waals surface area (Å²) in [5, 5.41) is 0.617. The van der Waals surface area contributed by atoms with Crippen LogP contribution in [-0.4, -0.2) is 25.3 Å². The number of methoxy groups -OCH3 is 2. The van der Waals surface area contributed by atoms with Gasteiger partial charge in [-0.3, -0.25) is 9.69 Å². The van der Waals surface area contributed by atoms with Crippen molar-refractivity contribution in [1.82, 2.24) is 0 Å². The summed E-state index contributed by atoms with van der Waals surface area (Å²) in [4.78, 5) is 20.7. The second kappa shape index (κ2) is 9.32. The lowest BCUT2D eigenvalue weighted by Gasteiger charge is -2.16. The van der Waals surface area contributed by atoms with E-state index in [0.29, 0.717) is 21.6 Å². The van der Waals surface area contributed by atoms with Gasteiger partial charge in [0.1, 0.15) is 11.5 Å². The van der Waals surface area contributed by atoms with Gasteiger partial charge in [0.05, 0.1) is 30.5 Å². The third kappa shape index (κ3) is 4.27. The lowest BCUT2D eigenvalue weighted by molar-refractivity contribution is -0.113. The zero-order valence-electron chi connectivity index (χ0n) is 18.5. The van der Waals surface area contributed by atoms with E-state index < -0.39 is 0 Å². The van der Waals surface area contributed by atoms with Gasteiger partial charge in [0.25, 0.3) is 5.91 Å². The van der Waals surface area contributed by atoms with Crippen molar-refractivity contribution in [2.24, 2.45) is 4.99 Å². The number of thioether (sulfide) groups is 1. The first-order chi connectivity index (χ1) is 15.5. The van der Waals surface area contributed by atoms with E-state index in [1.807, 2.05) is 86.7 Å². The summed E-state index contributed by atoms with van der Waals surface area (Å²) in [7, 11) is 3.22. The molecular weight excluding hydrogens is 420 g/mol. The van der Waals surface area contributed by atoms with Crippen molar-refractivity contribution in [2.75, 3.05) is 19.1 Å². The zero-order chi connectivity index (χ0) is 22.7. The highest BCUT2D eigenvalue weighted by Gasteiger charge is 2.35. The Morgan fingerprint density at radius 1 is 0.906 bits per heavy atom. The van der Waals surface area contributed by atoms with Gasteiger partial charge in [-0.05, 0) is 73.1 Å². The summed E-state index contributed by atoms with van der Waals surface area (Å²) in [5.41, 5.74) is 4.54. The number of aryl methyl sites for hydroxylation is 2. The fourth-order valence-electron chi connectivity index (χ4n) is 3.52. The van der Waals surface area contributed by atoms with Gasteiger partial charge in [0.2, 0.25) is 0 Å². The van der Waals surface area contributed by atoms with E-state index in [0.717, 1.165) is 28.1 Å². The maximum atomic E-state index is 13.5. The minimum Gasteiger partial charge on any atom is -0.497 e. The standard InChI is InChI=1S/C26H24N2O3S/c1-17-9-8-10-18(2)24(17)27-26-28(20-11-6-5-7-12-20)25(29)23(32-26)16-19-15-21(30-3)13-14-22(19)31-4/h5-16H,1-4H3. The lowest BCUT2D eigenvalue weighted by Crippen LogP contribution is -2.28. The molecule has 0 spiro atoms.